The van der Waals surface area contributed by atoms with Gasteiger partial charge in [0.05, 0.1) is 10.2 Å². The molecule has 0 unspecified atom stereocenters. The molecule has 2 rings (SSSR count). The molecule has 2 aromatic rings. The maximum absolute atomic E-state index is 5.80. The highest BCUT2D eigenvalue weighted by molar-refractivity contribution is 7.19. The largest absolute Gasteiger partial charge is 0.382 e. The topological polar surface area (TPSA) is 81.1 Å². The van der Waals surface area contributed by atoms with Crippen LogP contribution in [0.15, 0.2) is 6.07 Å². The van der Waals surface area contributed by atoms with Gasteiger partial charge in [0.1, 0.15) is 5.82 Å². The standard InChI is InChI=1S/C10H15N5S/c1-15(2)4-3-6-5-7-8(16-6)9(11)14-10(12)13-7/h5H,3-4H2,1-2H3,(H4,11,12,13,14). The van der Waals surface area contributed by atoms with Gasteiger partial charge in [-0.3, -0.25) is 0 Å². The lowest BCUT2D eigenvalue weighted by atomic mass is 10.3. The van der Waals surface area contributed by atoms with Crippen molar-refractivity contribution >= 4 is 33.3 Å². The monoisotopic (exact) mass is 237 g/mol. The van der Waals surface area contributed by atoms with E-state index in [9.17, 15) is 0 Å². The Bertz CT molecular complexity index is 505. The number of nitrogens with zero attached hydrogens (tertiary/aromatic N) is 3. The van der Waals surface area contributed by atoms with Crippen molar-refractivity contribution in [3.63, 3.8) is 0 Å². The van der Waals surface area contributed by atoms with E-state index in [1.165, 1.54) is 4.88 Å². The third-order valence-corrected chi connectivity index (χ3v) is 3.48. The quantitative estimate of drug-likeness (QED) is 0.831. The van der Waals surface area contributed by atoms with Gasteiger partial charge in [-0.25, -0.2) is 4.98 Å². The summed E-state index contributed by atoms with van der Waals surface area (Å²) >= 11 is 1.64. The van der Waals surface area contributed by atoms with Crippen molar-refractivity contribution in [1.82, 2.24) is 14.9 Å². The van der Waals surface area contributed by atoms with Crippen LogP contribution < -0.4 is 11.5 Å². The first-order chi connectivity index (χ1) is 7.56. The highest BCUT2D eigenvalue weighted by Gasteiger charge is 2.08. The van der Waals surface area contributed by atoms with E-state index in [-0.39, 0.29) is 5.95 Å². The van der Waals surface area contributed by atoms with E-state index in [1.54, 1.807) is 11.3 Å². The van der Waals surface area contributed by atoms with Gasteiger partial charge in [0.25, 0.3) is 0 Å². The highest BCUT2D eigenvalue weighted by Crippen LogP contribution is 2.28. The lowest BCUT2D eigenvalue weighted by Crippen LogP contribution is -2.14. The molecule has 6 heteroatoms. The number of hydrogen-bond acceptors (Lipinski definition) is 6. The van der Waals surface area contributed by atoms with Crippen molar-refractivity contribution in [2.24, 2.45) is 0 Å². The van der Waals surface area contributed by atoms with Crippen LogP contribution >= 0.6 is 11.3 Å². The minimum Gasteiger partial charge on any atom is -0.382 e. The molecule has 0 spiro atoms. The van der Waals surface area contributed by atoms with Crippen molar-refractivity contribution in [3.8, 4) is 0 Å². The number of nitrogens with two attached hydrogens (primary N) is 2. The number of anilines is 2. The molecule has 2 heterocycles. The number of rotatable bonds is 3. The molecule has 0 amide bonds. The lowest BCUT2D eigenvalue weighted by Gasteiger charge is -2.06. The lowest BCUT2D eigenvalue weighted by molar-refractivity contribution is 0.415. The Morgan fingerprint density at radius 2 is 2.06 bits per heavy atom. The van der Waals surface area contributed by atoms with Crippen molar-refractivity contribution in [3.05, 3.63) is 10.9 Å². The number of hydrogen-bond donors (Lipinski definition) is 2. The summed E-state index contributed by atoms with van der Waals surface area (Å²) in [5.74, 6) is 0.713. The summed E-state index contributed by atoms with van der Waals surface area (Å²) in [6.45, 7) is 1.01. The first kappa shape index (κ1) is 11.1. The second-order valence-electron chi connectivity index (χ2n) is 3.95. The molecule has 0 fully saturated rings. The average molecular weight is 237 g/mol. The number of fused-ring (bicyclic) bond motifs is 1. The van der Waals surface area contributed by atoms with Crippen LogP contribution in [-0.4, -0.2) is 35.5 Å². The molecule has 0 bridgehead atoms. The second-order valence-corrected chi connectivity index (χ2v) is 5.08. The zero-order valence-corrected chi connectivity index (χ0v) is 10.2. The molecule has 2 aromatic heterocycles. The summed E-state index contributed by atoms with van der Waals surface area (Å²) < 4.78 is 0.933. The second kappa shape index (κ2) is 4.23. The predicted molar refractivity (Wildman–Crippen MR) is 68.5 cm³/mol. The predicted octanol–water partition coefficient (Wildman–Crippen LogP) is 0.960. The fourth-order valence-electron chi connectivity index (χ4n) is 1.48. The van der Waals surface area contributed by atoms with E-state index in [4.69, 9.17) is 11.5 Å². The minimum absolute atomic E-state index is 0.238. The van der Waals surface area contributed by atoms with Crippen molar-refractivity contribution < 1.29 is 0 Å². The van der Waals surface area contributed by atoms with Gasteiger partial charge in [-0.2, -0.15) is 4.98 Å². The summed E-state index contributed by atoms with van der Waals surface area (Å²) in [7, 11) is 4.11. The van der Waals surface area contributed by atoms with Gasteiger partial charge in [0.15, 0.2) is 0 Å². The molecule has 0 aliphatic heterocycles. The maximum Gasteiger partial charge on any atom is 0.222 e. The van der Waals surface area contributed by atoms with E-state index in [2.05, 4.69) is 29.0 Å². The van der Waals surface area contributed by atoms with E-state index < -0.39 is 0 Å². The van der Waals surface area contributed by atoms with E-state index in [0.29, 0.717) is 5.82 Å². The smallest absolute Gasteiger partial charge is 0.222 e. The van der Waals surface area contributed by atoms with E-state index >= 15 is 0 Å². The number of likely N-dealkylation sites (N-methyl/N-ethyl adjacent to an activating group) is 1. The Kier molecular flexibility index (Phi) is 2.93. The molecule has 16 heavy (non-hydrogen) atoms. The SMILES string of the molecule is CN(C)CCc1cc2nc(N)nc(N)c2s1. The third kappa shape index (κ3) is 2.23. The summed E-state index contributed by atoms with van der Waals surface area (Å²) in [4.78, 5) is 11.5. The van der Waals surface area contributed by atoms with Gasteiger partial charge >= 0.3 is 0 Å². The zero-order valence-electron chi connectivity index (χ0n) is 9.40. The summed E-state index contributed by atoms with van der Waals surface area (Å²) in [6.07, 6.45) is 0.993. The molecule has 0 aromatic carbocycles. The molecule has 5 nitrogen and oxygen atoms in total. The van der Waals surface area contributed by atoms with Gasteiger partial charge in [-0.05, 0) is 26.6 Å². The van der Waals surface area contributed by atoms with Crippen LogP contribution in [0.5, 0.6) is 0 Å². The van der Waals surface area contributed by atoms with Crippen LogP contribution in [0.3, 0.4) is 0 Å². The third-order valence-electron chi connectivity index (χ3n) is 2.27. The Labute approximate surface area is 98.1 Å². The molecular weight excluding hydrogens is 222 g/mol. The Hall–Kier alpha value is -1.40. The molecule has 0 aliphatic rings. The summed E-state index contributed by atoms with van der Waals surface area (Å²) in [5.41, 5.74) is 12.2. The van der Waals surface area contributed by atoms with Crippen LogP contribution in [0.4, 0.5) is 11.8 Å². The van der Waals surface area contributed by atoms with E-state index in [1.807, 2.05) is 6.07 Å². The minimum atomic E-state index is 0.238. The molecular formula is C10H15N5S. The van der Waals surface area contributed by atoms with Gasteiger partial charge in [-0.1, -0.05) is 0 Å². The van der Waals surface area contributed by atoms with Crippen LogP contribution in [0, 0.1) is 0 Å². The average Bonchev–Trinajstić information content (AvgIpc) is 2.57. The van der Waals surface area contributed by atoms with Crippen LogP contribution in [-0.2, 0) is 6.42 Å². The fourth-order valence-corrected chi connectivity index (χ4v) is 2.46. The van der Waals surface area contributed by atoms with Gasteiger partial charge in [0, 0.05) is 11.4 Å². The summed E-state index contributed by atoms with van der Waals surface area (Å²) in [6, 6.07) is 2.04. The van der Waals surface area contributed by atoms with Gasteiger partial charge in [0.2, 0.25) is 5.95 Å². The molecule has 0 radical (unpaired) electrons. The van der Waals surface area contributed by atoms with Crippen LogP contribution in [0.1, 0.15) is 4.88 Å². The first-order valence-electron chi connectivity index (χ1n) is 5.02. The molecule has 86 valence electrons. The Balaban J connectivity index is 2.33. The summed E-state index contributed by atoms with van der Waals surface area (Å²) in [5, 5.41) is 0. The van der Waals surface area contributed by atoms with Crippen molar-refractivity contribution in [2.75, 3.05) is 32.1 Å². The van der Waals surface area contributed by atoms with Crippen molar-refractivity contribution in [2.45, 2.75) is 6.42 Å². The Morgan fingerprint density at radius 3 is 2.75 bits per heavy atom. The molecule has 0 saturated heterocycles. The first-order valence-corrected chi connectivity index (χ1v) is 5.84. The molecule has 0 saturated carbocycles. The van der Waals surface area contributed by atoms with Gasteiger partial charge < -0.3 is 16.4 Å². The molecule has 0 aliphatic carbocycles. The molecule has 4 N–H and O–H groups in total. The zero-order chi connectivity index (χ0) is 11.7. The molecule has 0 atom stereocenters. The number of thiophene rings is 1. The van der Waals surface area contributed by atoms with Gasteiger partial charge in [-0.15, -0.1) is 11.3 Å². The number of aromatic nitrogens is 2. The maximum atomic E-state index is 5.80. The fraction of sp³-hybridized carbons (Fsp3) is 0.400. The van der Waals surface area contributed by atoms with Crippen LogP contribution in [0.25, 0.3) is 10.2 Å². The van der Waals surface area contributed by atoms with E-state index in [0.717, 1.165) is 23.2 Å². The normalized spacial score (nSPS) is 11.4. The highest BCUT2D eigenvalue weighted by atomic mass is 32.1. The Morgan fingerprint density at radius 1 is 1.31 bits per heavy atom. The number of nitrogen functional groups attached to an aromatic ring is 2. The van der Waals surface area contributed by atoms with Crippen molar-refractivity contribution in [1.29, 1.82) is 0 Å². The van der Waals surface area contributed by atoms with Crippen LogP contribution in [0.2, 0.25) is 0 Å².